The summed E-state index contributed by atoms with van der Waals surface area (Å²) in [4.78, 5) is 26.1. The molecule has 0 saturated carbocycles. The molecule has 1 saturated heterocycles. The van der Waals surface area contributed by atoms with Gasteiger partial charge in [-0.05, 0) is 42.7 Å². The van der Waals surface area contributed by atoms with E-state index in [2.05, 4.69) is 5.32 Å². The highest BCUT2D eigenvalue weighted by Crippen LogP contribution is 2.23. The lowest BCUT2D eigenvalue weighted by Crippen LogP contribution is -2.49. The molecular formula is C21H23ClN2O3. The van der Waals surface area contributed by atoms with Crippen LogP contribution >= 0.6 is 11.6 Å². The molecule has 5 nitrogen and oxygen atoms in total. The zero-order chi connectivity index (χ0) is 19.2. The van der Waals surface area contributed by atoms with Crippen molar-refractivity contribution in [3.63, 3.8) is 0 Å². The molecule has 2 aromatic rings. The van der Waals surface area contributed by atoms with Crippen molar-refractivity contribution < 1.29 is 14.3 Å². The average Bonchev–Trinajstić information content (AvgIpc) is 2.67. The van der Waals surface area contributed by atoms with Gasteiger partial charge in [0.25, 0.3) is 5.91 Å². The third-order valence-electron chi connectivity index (χ3n) is 4.54. The number of amides is 2. The fourth-order valence-corrected chi connectivity index (χ4v) is 3.37. The van der Waals surface area contributed by atoms with Gasteiger partial charge in [-0.2, -0.15) is 0 Å². The normalized spacial score (nSPS) is 16.7. The van der Waals surface area contributed by atoms with Gasteiger partial charge in [0.2, 0.25) is 5.91 Å². The van der Waals surface area contributed by atoms with Gasteiger partial charge in [-0.15, -0.1) is 0 Å². The molecule has 0 spiro atoms. The third-order valence-corrected chi connectivity index (χ3v) is 4.79. The molecular weight excluding hydrogens is 364 g/mol. The van der Waals surface area contributed by atoms with Crippen molar-refractivity contribution in [1.82, 2.24) is 10.2 Å². The number of halogens is 1. The minimum atomic E-state index is -0.0724. The molecule has 142 valence electrons. The van der Waals surface area contributed by atoms with Gasteiger partial charge in [0.15, 0.2) is 0 Å². The summed E-state index contributed by atoms with van der Waals surface area (Å²) in [5.74, 6) is 0.414. The molecule has 3 rings (SSSR count). The van der Waals surface area contributed by atoms with Crippen LogP contribution in [0.1, 0.15) is 35.7 Å². The fraction of sp³-hybridized carbons (Fsp3) is 0.333. The summed E-state index contributed by atoms with van der Waals surface area (Å²) >= 11 is 5.91. The number of ether oxygens (including phenoxy) is 1. The first kappa shape index (κ1) is 19.2. The van der Waals surface area contributed by atoms with Gasteiger partial charge in [0.05, 0.1) is 5.56 Å². The average molecular weight is 387 g/mol. The molecule has 1 aliphatic heterocycles. The molecule has 1 N–H and O–H groups in total. The molecule has 1 fully saturated rings. The Morgan fingerprint density at radius 1 is 1.19 bits per heavy atom. The van der Waals surface area contributed by atoms with Crippen LogP contribution in [0.25, 0.3) is 0 Å². The van der Waals surface area contributed by atoms with Crippen molar-refractivity contribution in [2.75, 3.05) is 13.1 Å². The molecule has 1 heterocycles. The van der Waals surface area contributed by atoms with Crippen molar-refractivity contribution in [2.24, 2.45) is 0 Å². The minimum absolute atomic E-state index is 0.00217. The number of hydrogen-bond acceptors (Lipinski definition) is 3. The summed E-state index contributed by atoms with van der Waals surface area (Å²) in [6, 6.07) is 14.7. The van der Waals surface area contributed by atoms with Crippen LogP contribution in [0.5, 0.6) is 5.75 Å². The molecule has 0 radical (unpaired) electrons. The summed E-state index contributed by atoms with van der Waals surface area (Å²) in [5, 5.41) is 3.58. The van der Waals surface area contributed by atoms with E-state index >= 15 is 0 Å². The summed E-state index contributed by atoms with van der Waals surface area (Å²) in [6.07, 6.45) is 1.75. The summed E-state index contributed by atoms with van der Waals surface area (Å²) < 4.78 is 5.91. The monoisotopic (exact) mass is 386 g/mol. The second-order valence-electron chi connectivity index (χ2n) is 6.70. The second kappa shape index (κ2) is 8.91. The maximum atomic E-state index is 13.0. The van der Waals surface area contributed by atoms with Gasteiger partial charge in [0.1, 0.15) is 12.4 Å². The molecule has 6 heteroatoms. The summed E-state index contributed by atoms with van der Waals surface area (Å²) in [5.41, 5.74) is 1.51. The van der Waals surface area contributed by atoms with E-state index in [0.29, 0.717) is 36.0 Å². The van der Waals surface area contributed by atoms with Crippen LogP contribution < -0.4 is 10.1 Å². The van der Waals surface area contributed by atoms with Gasteiger partial charge in [-0.25, -0.2) is 0 Å². The van der Waals surface area contributed by atoms with Crippen LogP contribution in [0.4, 0.5) is 0 Å². The standard InChI is InChI=1S/C21H23ClN2O3/c1-15(25)23-18-5-4-12-24(13-18)21(26)19-6-2-3-7-20(19)27-14-16-8-10-17(22)11-9-16/h2-3,6-11,18H,4-5,12-14H2,1H3,(H,23,25). The van der Waals surface area contributed by atoms with Gasteiger partial charge in [-0.1, -0.05) is 35.9 Å². The van der Waals surface area contributed by atoms with E-state index in [9.17, 15) is 9.59 Å². The van der Waals surface area contributed by atoms with Gasteiger partial charge < -0.3 is 15.0 Å². The van der Waals surface area contributed by atoms with Gasteiger partial charge in [-0.3, -0.25) is 9.59 Å². The predicted octanol–water partition coefficient (Wildman–Crippen LogP) is 3.66. The van der Waals surface area contributed by atoms with Crippen LogP contribution in [-0.4, -0.2) is 35.8 Å². The molecule has 2 aromatic carbocycles. The first-order valence-electron chi connectivity index (χ1n) is 9.05. The number of piperidine rings is 1. The Morgan fingerprint density at radius 3 is 2.67 bits per heavy atom. The number of nitrogens with zero attached hydrogens (tertiary/aromatic N) is 1. The second-order valence-corrected chi connectivity index (χ2v) is 7.14. The molecule has 2 amide bonds. The van der Waals surface area contributed by atoms with E-state index in [-0.39, 0.29) is 17.9 Å². The van der Waals surface area contributed by atoms with E-state index in [4.69, 9.17) is 16.3 Å². The molecule has 1 aliphatic rings. The Hall–Kier alpha value is -2.53. The highest BCUT2D eigenvalue weighted by Gasteiger charge is 2.26. The Labute approximate surface area is 164 Å². The zero-order valence-corrected chi connectivity index (χ0v) is 16.0. The number of rotatable bonds is 5. The number of carbonyl (C=O) groups excluding carboxylic acids is 2. The minimum Gasteiger partial charge on any atom is -0.488 e. The van der Waals surface area contributed by atoms with Crippen molar-refractivity contribution in [1.29, 1.82) is 0 Å². The number of nitrogens with one attached hydrogen (secondary N) is 1. The number of carbonyl (C=O) groups is 2. The van der Waals surface area contributed by atoms with Crippen LogP contribution in [0.3, 0.4) is 0 Å². The van der Waals surface area contributed by atoms with E-state index in [0.717, 1.165) is 18.4 Å². The van der Waals surface area contributed by atoms with Crippen molar-refractivity contribution >= 4 is 23.4 Å². The Kier molecular flexibility index (Phi) is 6.35. The highest BCUT2D eigenvalue weighted by atomic mass is 35.5. The number of benzene rings is 2. The summed E-state index contributed by atoms with van der Waals surface area (Å²) in [7, 11) is 0. The Bertz CT molecular complexity index is 807. The zero-order valence-electron chi connectivity index (χ0n) is 15.3. The highest BCUT2D eigenvalue weighted by molar-refractivity contribution is 6.30. The van der Waals surface area contributed by atoms with Crippen LogP contribution in [0.2, 0.25) is 5.02 Å². The predicted molar refractivity (Wildman–Crippen MR) is 105 cm³/mol. The molecule has 1 atom stereocenters. The molecule has 27 heavy (non-hydrogen) atoms. The molecule has 0 aromatic heterocycles. The smallest absolute Gasteiger partial charge is 0.257 e. The summed E-state index contributed by atoms with van der Waals surface area (Å²) in [6.45, 7) is 3.06. The van der Waals surface area contributed by atoms with E-state index in [1.165, 1.54) is 6.92 Å². The van der Waals surface area contributed by atoms with Gasteiger partial charge >= 0.3 is 0 Å². The maximum Gasteiger partial charge on any atom is 0.257 e. The number of para-hydroxylation sites is 1. The largest absolute Gasteiger partial charge is 0.488 e. The Morgan fingerprint density at radius 2 is 1.93 bits per heavy atom. The van der Waals surface area contributed by atoms with Crippen molar-refractivity contribution in [3.05, 3.63) is 64.7 Å². The van der Waals surface area contributed by atoms with Crippen LogP contribution in [0.15, 0.2) is 48.5 Å². The SMILES string of the molecule is CC(=O)NC1CCCN(C(=O)c2ccccc2OCc2ccc(Cl)cc2)C1. The topological polar surface area (TPSA) is 58.6 Å². The Balaban J connectivity index is 1.69. The first-order chi connectivity index (χ1) is 13.0. The maximum absolute atomic E-state index is 13.0. The third kappa shape index (κ3) is 5.23. The fourth-order valence-electron chi connectivity index (χ4n) is 3.25. The first-order valence-corrected chi connectivity index (χ1v) is 9.43. The van der Waals surface area contributed by atoms with E-state index in [1.807, 2.05) is 36.4 Å². The molecule has 0 bridgehead atoms. The molecule has 0 aliphatic carbocycles. The lowest BCUT2D eigenvalue weighted by Gasteiger charge is -2.33. The van der Waals surface area contributed by atoms with Crippen LogP contribution in [-0.2, 0) is 11.4 Å². The van der Waals surface area contributed by atoms with E-state index < -0.39 is 0 Å². The van der Waals surface area contributed by atoms with Crippen molar-refractivity contribution in [2.45, 2.75) is 32.4 Å². The number of hydrogen-bond donors (Lipinski definition) is 1. The number of likely N-dealkylation sites (tertiary alicyclic amines) is 1. The lowest BCUT2D eigenvalue weighted by atomic mass is 10.0. The van der Waals surface area contributed by atoms with Crippen molar-refractivity contribution in [3.8, 4) is 5.75 Å². The van der Waals surface area contributed by atoms with Gasteiger partial charge in [0, 0.05) is 31.1 Å². The van der Waals surface area contributed by atoms with E-state index in [1.54, 1.807) is 17.0 Å². The molecule has 1 unspecified atom stereocenters. The quantitative estimate of drug-likeness (QED) is 0.853. The van der Waals surface area contributed by atoms with Crippen LogP contribution in [0, 0.1) is 0 Å². The lowest BCUT2D eigenvalue weighted by molar-refractivity contribution is -0.120.